The highest BCUT2D eigenvalue weighted by Gasteiger charge is 2.46. The first-order chi connectivity index (χ1) is 14.5. The maximum absolute atomic E-state index is 13.6. The standard InChI is InChI=1S/C21H12FN3O3S2/c22-12-5-6-13-15(9-12)30-21(24-13)25-17(11-3-1-7-23-10-11)16(19(27)20(25)28)18(26)14-4-2-8-29-14/h1-10,17,27H. The van der Waals surface area contributed by atoms with E-state index in [1.165, 1.54) is 40.6 Å². The molecule has 0 aliphatic carbocycles. The van der Waals surface area contributed by atoms with E-state index in [1.54, 1.807) is 35.8 Å². The molecule has 1 unspecified atom stereocenters. The molecule has 1 atom stereocenters. The van der Waals surface area contributed by atoms with Crippen molar-refractivity contribution in [2.75, 3.05) is 4.90 Å². The number of carbonyl (C=O) groups excluding carboxylic acids is 2. The number of fused-ring (bicyclic) bond motifs is 1. The zero-order valence-electron chi connectivity index (χ0n) is 15.2. The summed E-state index contributed by atoms with van der Waals surface area (Å²) in [5, 5.41) is 12.7. The average Bonchev–Trinajstić information content (AvgIpc) is 3.47. The van der Waals surface area contributed by atoms with Gasteiger partial charge in [0.2, 0.25) is 5.78 Å². The Balaban J connectivity index is 1.68. The lowest BCUT2D eigenvalue weighted by Gasteiger charge is -2.23. The number of rotatable bonds is 4. The van der Waals surface area contributed by atoms with Crippen LogP contribution in [0.3, 0.4) is 0 Å². The molecule has 9 heteroatoms. The number of halogens is 1. The molecule has 5 rings (SSSR count). The molecule has 4 aromatic rings. The summed E-state index contributed by atoms with van der Waals surface area (Å²) in [6, 6.07) is 10.0. The minimum atomic E-state index is -0.897. The summed E-state index contributed by atoms with van der Waals surface area (Å²) in [5.74, 6) is -2.20. The summed E-state index contributed by atoms with van der Waals surface area (Å²) in [5.41, 5.74) is 1.05. The van der Waals surface area contributed by atoms with Crippen molar-refractivity contribution in [3.8, 4) is 0 Å². The Morgan fingerprint density at radius 3 is 2.80 bits per heavy atom. The van der Waals surface area contributed by atoms with Crippen molar-refractivity contribution in [2.24, 2.45) is 0 Å². The Morgan fingerprint density at radius 2 is 2.07 bits per heavy atom. The van der Waals surface area contributed by atoms with Gasteiger partial charge in [-0.15, -0.1) is 11.3 Å². The quantitative estimate of drug-likeness (QED) is 0.469. The number of pyridine rings is 1. The van der Waals surface area contributed by atoms with Crippen LogP contribution >= 0.6 is 22.7 Å². The van der Waals surface area contributed by atoms with E-state index in [2.05, 4.69) is 9.97 Å². The molecular weight excluding hydrogens is 425 g/mol. The van der Waals surface area contributed by atoms with Crippen molar-refractivity contribution >= 4 is 49.7 Å². The normalized spacial score (nSPS) is 16.6. The molecule has 1 aliphatic heterocycles. The minimum Gasteiger partial charge on any atom is -0.503 e. The highest BCUT2D eigenvalue weighted by Crippen LogP contribution is 2.44. The third kappa shape index (κ3) is 2.90. The fourth-order valence-electron chi connectivity index (χ4n) is 3.42. The zero-order chi connectivity index (χ0) is 20.8. The van der Waals surface area contributed by atoms with Crippen LogP contribution in [-0.4, -0.2) is 26.8 Å². The van der Waals surface area contributed by atoms with Gasteiger partial charge in [0.15, 0.2) is 10.9 Å². The number of aliphatic hydroxyl groups excluding tert-OH is 1. The number of aliphatic hydroxyl groups is 1. The lowest BCUT2D eigenvalue weighted by Crippen LogP contribution is -2.31. The Labute approximate surface area is 177 Å². The Bertz CT molecular complexity index is 1320. The molecule has 0 bridgehead atoms. The third-order valence-corrected chi connectivity index (χ3v) is 6.63. The van der Waals surface area contributed by atoms with Crippen LogP contribution in [0.25, 0.3) is 10.2 Å². The first-order valence-electron chi connectivity index (χ1n) is 8.85. The van der Waals surface area contributed by atoms with Crippen LogP contribution in [0.1, 0.15) is 21.3 Å². The Morgan fingerprint density at radius 1 is 1.20 bits per heavy atom. The summed E-state index contributed by atoms with van der Waals surface area (Å²) in [7, 11) is 0. The maximum Gasteiger partial charge on any atom is 0.296 e. The van der Waals surface area contributed by atoms with Gasteiger partial charge in [0.1, 0.15) is 5.82 Å². The van der Waals surface area contributed by atoms with E-state index in [4.69, 9.17) is 0 Å². The number of amides is 1. The molecule has 148 valence electrons. The van der Waals surface area contributed by atoms with Crippen LogP contribution < -0.4 is 4.90 Å². The SMILES string of the molecule is O=C(C1=C(O)C(=O)N(c2nc3ccc(F)cc3s2)C1c1cccnc1)c1cccs1. The smallest absolute Gasteiger partial charge is 0.296 e. The monoisotopic (exact) mass is 437 g/mol. The minimum absolute atomic E-state index is 0.0270. The van der Waals surface area contributed by atoms with Crippen LogP contribution in [0, 0.1) is 5.82 Å². The fourth-order valence-corrected chi connectivity index (χ4v) is 5.11. The van der Waals surface area contributed by atoms with Gasteiger partial charge in [0.25, 0.3) is 5.91 Å². The summed E-state index contributed by atoms with van der Waals surface area (Å²) in [6.07, 6.45) is 3.12. The summed E-state index contributed by atoms with van der Waals surface area (Å²) >= 11 is 2.34. The van der Waals surface area contributed by atoms with E-state index < -0.39 is 29.3 Å². The molecule has 0 radical (unpaired) electrons. The second-order valence-electron chi connectivity index (χ2n) is 6.54. The van der Waals surface area contributed by atoms with Crippen molar-refractivity contribution in [2.45, 2.75) is 6.04 Å². The molecule has 4 heterocycles. The fraction of sp³-hybridized carbons (Fsp3) is 0.0476. The molecule has 0 saturated heterocycles. The largest absolute Gasteiger partial charge is 0.503 e. The average molecular weight is 437 g/mol. The first-order valence-corrected chi connectivity index (χ1v) is 10.5. The number of thiazole rings is 1. The first kappa shape index (κ1) is 18.6. The van der Waals surface area contributed by atoms with E-state index in [-0.39, 0.29) is 10.7 Å². The number of benzene rings is 1. The van der Waals surface area contributed by atoms with E-state index >= 15 is 0 Å². The summed E-state index contributed by atoms with van der Waals surface area (Å²) < 4.78 is 14.2. The van der Waals surface area contributed by atoms with Crippen molar-refractivity contribution in [1.82, 2.24) is 9.97 Å². The second kappa shape index (κ2) is 7.12. The topological polar surface area (TPSA) is 83.4 Å². The molecule has 1 N–H and O–H groups in total. The van der Waals surface area contributed by atoms with Gasteiger partial charge in [-0.3, -0.25) is 19.5 Å². The molecule has 1 aromatic carbocycles. The molecule has 0 spiro atoms. The van der Waals surface area contributed by atoms with Crippen molar-refractivity contribution in [1.29, 1.82) is 0 Å². The summed E-state index contributed by atoms with van der Waals surface area (Å²) in [4.78, 5) is 36.5. The van der Waals surface area contributed by atoms with Crippen LogP contribution in [0.5, 0.6) is 0 Å². The highest BCUT2D eigenvalue weighted by atomic mass is 32.1. The number of anilines is 1. The molecule has 0 fully saturated rings. The second-order valence-corrected chi connectivity index (χ2v) is 8.50. The predicted molar refractivity (Wildman–Crippen MR) is 112 cm³/mol. The molecule has 3 aromatic heterocycles. The van der Waals surface area contributed by atoms with Crippen molar-refractivity contribution in [3.63, 3.8) is 0 Å². The van der Waals surface area contributed by atoms with Gasteiger partial charge in [-0.25, -0.2) is 9.37 Å². The van der Waals surface area contributed by atoms with E-state index in [1.807, 2.05) is 0 Å². The highest BCUT2D eigenvalue weighted by molar-refractivity contribution is 7.22. The third-order valence-electron chi connectivity index (χ3n) is 4.74. The maximum atomic E-state index is 13.6. The van der Waals surface area contributed by atoms with Crippen LogP contribution in [-0.2, 0) is 4.79 Å². The number of thiophene rings is 1. The number of nitrogens with zero attached hydrogens (tertiary/aromatic N) is 3. The zero-order valence-corrected chi connectivity index (χ0v) is 16.8. The van der Waals surface area contributed by atoms with Gasteiger partial charge >= 0.3 is 0 Å². The number of hydrogen-bond acceptors (Lipinski definition) is 7. The van der Waals surface area contributed by atoms with E-state index in [9.17, 15) is 19.1 Å². The van der Waals surface area contributed by atoms with E-state index in [0.717, 1.165) is 11.3 Å². The van der Waals surface area contributed by atoms with Crippen LogP contribution in [0.2, 0.25) is 0 Å². The molecule has 1 aliphatic rings. The molecule has 0 saturated carbocycles. The Kier molecular flexibility index (Phi) is 4.41. The number of Topliss-reactive ketones (excluding diaryl/α,β-unsaturated/α-hetero) is 1. The Hall–Kier alpha value is -3.43. The molecular formula is C21H12FN3O3S2. The predicted octanol–water partition coefficient (Wildman–Crippen LogP) is 4.67. The number of aromatic nitrogens is 2. The lowest BCUT2D eigenvalue weighted by molar-refractivity contribution is -0.117. The molecule has 1 amide bonds. The van der Waals surface area contributed by atoms with Gasteiger partial charge in [-0.2, -0.15) is 0 Å². The van der Waals surface area contributed by atoms with E-state index in [0.29, 0.717) is 20.7 Å². The number of carbonyl (C=O) groups is 2. The molecule has 6 nitrogen and oxygen atoms in total. The van der Waals surface area contributed by atoms with Crippen molar-refractivity contribution < 1.29 is 19.1 Å². The van der Waals surface area contributed by atoms with Gasteiger partial charge in [-0.1, -0.05) is 23.5 Å². The van der Waals surface area contributed by atoms with Crippen LogP contribution in [0.4, 0.5) is 9.52 Å². The van der Waals surface area contributed by atoms with Crippen LogP contribution in [0.15, 0.2) is 71.6 Å². The number of ketones is 1. The van der Waals surface area contributed by atoms with Gasteiger partial charge in [-0.05, 0) is 41.3 Å². The van der Waals surface area contributed by atoms with Gasteiger partial charge in [0, 0.05) is 12.4 Å². The molecule has 30 heavy (non-hydrogen) atoms. The number of hydrogen-bond donors (Lipinski definition) is 1. The lowest BCUT2D eigenvalue weighted by atomic mass is 9.97. The van der Waals surface area contributed by atoms with Gasteiger partial charge in [0.05, 0.1) is 26.7 Å². The van der Waals surface area contributed by atoms with Gasteiger partial charge < -0.3 is 5.11 Å². The van der Waals surface area contributed by atoms with Crippen molar-refractivity contribution in [3.05, 3.63) is 87.8 Å². The summed E-state index contributed by atoms with van der Waals surface area (Å²) in [6.45, 7) is 0.